The minimum atomic E-state index is -3.67. The number of hydrogen-bond donors (Lipinski definition) is 2. The van der Waals surface area contributed by atoms with Gasteiger partial charge in [-0.25, -0.2) is 13.1 Å². The van der Waals surface area contributed by atoms with Gasteiger partial charge in [-0.15, -0.1) is 11.3 Å². The van der Waals surface area contributed by atoms with Crippen LogP contribution in [0, 0.1) is 11.3 Å². The number of nitrogens with zero attached hydrogens (tertiary/aromatic N) is 1. The molecule has 0 fully saturated rings. The minimum Gasteiger partial charge on any atom is -0.387 e. The summed E-state index contributed by atoms with van der Waals surface area (Å²) in [6.07, 6.45) is -0.878. The van der Waals surface area contributed by atoms with Crippen molar-refractivity contribution in [1.82, 2.24) is 4.72 Å². The third kappa shape index (κ3) is 3.40. The molecule has 2 aromatic heterocycles. The highest BCUT2D eigenvalue weighted by molar-refractivity contribution is 7.91. The van der Waals surface area contributed by atoms with Crippen molar-refractivity contribution in [3.63, 3.8) is 0 Å². The van der Waals surface area contributed by atoms with Crippen LogP contribution in [0.15, 0.2) is 33.2 Å². The third-order valence-corrected chi connectivity index (χ3v) is 5.96. The fraction of sp³-hybridized carbons (Fsp3) is 0.182. The maximum absolute atomic E-state index is 11.9. The van der Waals surface area contributed by atoms with E-state index in [4.69, 9.17) is 5.26 Å². The standard InChI is InChI=1S/C11H10N2O3S3/c12-5-9-1-2-11(18-9)19(15,16)13-6-10(14)8-3-4-17-7-8/h1-4,7,10,13-14H,6H2. The Morgan fingerprint density at radius 3 is 2.79 bits per heavy atom. The molecule has 0 saturated heterocycles. The van der Waals surface area contributed by atoms with Crippen molar-refractivity contribution < 1.29 is 13.5 Å². The largest absolute Gasteiger partial charge is 0.387 e. The molecule has 1 unspecified atom stereocenters. The number of sulfonamides is 1. The van der Waals surface area contributed by atoms with E-state index in [1.54, 1.807) is 11.4 Å². The quantitative estimate of drug-likeness (QED) is 0.879. The molecule has 0 aliphatic carbocycles. The van der Waals surface area contributed by atoms with Gasteiger partial charge < -0.3 is 5.11 Å². The first-order chi connectivity index (χ1) is 9.03. The first kappa shape index (κ1) is 14.2. The van der Waals surface area contributed by atoms with Crippen molar-refractivity contribution in [3.8, 4) is 6.07 Å². The molecule has 1 atom stereocenters. The zero-order chi connectivity index (χ0) is 13.9. The molecule has 100 valence electrons. The van der Waals surface area contributed by atoms with Crippen LogP contribution >= 0.6 is 22.7 Å². The van der Waals surface area contributed by atoms with Gasteiger partial charge in [0.1, 0.15) is 15.2 Å². The van der Waals surface area contributed by atoms with Gasteiger partial charge in [0, 0.05) is 6.54 Å². The second-order valence-electron chi connectivity index (χ2n) is 3.65. The van der Waals surface area contributed by atoms with E-state index < -0.39 is 16.1 Å². The second kappa shape index (κ2) is 5.81. The Morgan fingerprint density at radius 2 is 2.21 bits per heavy atom. The molecule has 0 aliphatic heterocycles. The Kier molecular flexibility index (Phi) is 4.34. The predicted molar refractivity (Wildman–Crippen MR) is 73.5 cm³/mol. The van der Waals surface area contributed by atoms with Crippen LogP contribution in [0.25, 0.3) is 0 Å². The van der Waals surface area contributed by atoms with Crippen LogP contribution in [0.3, 0.4) is 0 Å². The Bertz CT molecular complexity index is 683. The number of aliphatic hydroxyl groups excluding tert-OH is 1. The first-order valence-corrected chi connectivity index (χ1v) is 8.47. The molecule has 0 spiro atoms. The van der Waals surface area contributed by atoms with Crippen molar-refractivity contribution in [2.24, 2.45) is 0 Å². The lowest BCUT2D eigenvalue weighted by Gasteiger charge is -2.09. The summed E-state index contributed by atoms with van der Waals surface area (Å²) in [5.41, 5.74) is 0.677. The van der Waals surface area contributed by atoms with Crippen molar-refractivity contribution in [2.45, 2.75) is 10.3 Å². The highest BCUT2D eigenvalue weighted by Gasteiger charge is 2.18. The van der Waals surface area contributed by atoms with Crippen molar-refractivity contribution in [1.29, 1.82) is 5.26 Å². The van der Waals surface area contributed by atoms with Crippen LogP contribution in [-0.2, 0) is 10.0 Å². The summed E-state index contributed by atoms with van der Waals surface area (Å²) in [5.74, 6) is 0. The van der Waals surface area contributed by atoms with Gasteiger partial charge in [0.2, 0.25) is 10.0 Å². The van der Waals surface area contributed by atoms with Gasteiger partial charge in [-0.2, -0.15) is 16.6 Å². The molecule has 2 heterocycles. The highest BCUT2D eigenvalue weighted by atomic mass is 32.2. The van der Waals surface area contributed by atoms with E-state index in [0.717, 1.165) is 11.3 Å². The summed E-state index contributed by atoms with van der Waals surface area (Å²) in [5, 5.41) is 22.0. The van der Waals surface area contributed by atoms with Gasteiger partial charge in [-0.1, -0.05) is 0 Å². The average molecular weight is 314 g/mol. The summed E-state index contributed by atoms with van der Waals surface area (Å²) < 4.78 is 26.2. The Hall–Kier alpha value is -1.24. The number of aliphatic hydroxyl groups is 1. The van der Waals surface area contributed by atoms with Crippen LogP contribution < -0.4 is 4.72 Å². The molecule has 0 radical (unpaired) electrons. The number of hydrogen-bond acceptors (Lipinski definition) is 6. The molecule has 0 aromatic carbocycles. The zero-order valence-electron chi connectivity index (χ0n) is 9.61. The van der Waals surface area contributed by atoms with E-state index in [2.05, 4.69) is 4.72 Å². The Balaban J connectivity index is 2.04. The molecular formula is C11H10N2O3S3. The molecule has 0 saturated carbocycles. The molecule has 5 nitrogen and oxygen atoms in total. The van der Waals surface area contributed by atoms with E-state index in [0.29, 0.717) is 10.4 Å². The normalized spacial score (nSPS) is 13.1. The molecule has 0 bridgehead atoms. The molecule has 8 heteroatoms. The van der Waals surface area contributed by atoms with E-state index in [-0.39, 0.29) is 10.8 Å². The lowest BCUT2D eigenvalue weighted by molar-refractivity contribution is 0.182. The van der Waals surface area contributed by atoms with Crippen molar-refractivity contribution in [2.75, 3.05) is 6.54 Å². The van der Waals surface area contributed by atoms with Gasteiger partial charge in [-0.05, 0) is 34.5 Å². The second-order valence-corrected chi connectivity index (χ2v) is 7.51. The Morgan fingerprint density at radius 1 is 1.42 bits per heavy atom. The van der Waals surface area contributed by atoms with E-state index in [9.17, 15) is 13.5 Å². The van der Waals surface area contributed by atoms with Crippen LogP contribution in [0.2, 0.25) is 0 Å². The van der Waals surface area contributed by atoms with Crippen LogP contribution in [0.4, 0.5) is 0 Å². The smallest absolute Gasteiger partial charge is 0.250 e. The van der Waals surface area contributed by atoms with Gasteiger partial charge >= 0.3 is 0 Å². The molecule has 2 rings (SSSR count). The highest BCUT2D eigenvalue weighted by Crippen LogP contribution is 2.21. The zero-order valence-corrected chi connectivity index (χ0v) is 12.1. The molecule has 19 heavy (non-hydrogen) atoms. The Labute approximate surface area is 118 Å². The van der Waals surface area contributed by atoms with E-state index in [1.165, 1.54) is 23.5 Å². The predicted octanol–water partition coefficient (Wildman–Crippen LogP) is 1.69. The van der Waals surface area contributed by atoms with Crippen LogP contribution in [0.5, 0.6) is 0 Å². The van der Waals surface area contributed by atoms with Gasteiger partial charge in [-0.3, -0.25) is 0 Å². The van der Waals surface area contributed by atoms with E-state index in [1.807, 2.05) is 11.4 Å². The van der Waals surface area contributed by atoms with E-state index >= 15 is 0 Å². The monoisotopic (exact) mass is 314 g/mol. The van der Waals surface area contributed by atoms with Crippen LogP contribution in [0.1, 0.15) is 16.5 Å². The molecule has 0 aliphatic rings. The van der Waals surface area contributed by atoms with Gasteiger partial charge in [0.15, 0.2) is 0 Å². The SMILES string of the molecule is N#Cc1ccc(S(=O)(=O)NCC(O)c2ccsc2)s1. The van der Waals surface area contributed by atoms with Gasteiger partial charge in [0.05, 0.1) is 6.10 Å². The number of thiophene rings is 2. The van der Waals surface area contributed by atoms with Crippen LogP contribution in [-0.4, -0.2) is 20.1 Å². The summed E-state index contributed by atoms with van der Waals surface area (Å²) >= 11 is 2.33. The first-order valence-electron chi connectivity index (χ1n) is 5.22. The summed E-state index contributed by atoms with van der Waals surface area (Å²) in [7, 11) is -3.67. The topological polar surface area (TPSA) is 90.2 Å². The fourth-order valence-corrected chi connectivity index (χ4v) is 4.26. The fourth-order valence-electron chi connectivity index (χ4n) is 1.37. The molecular weight excluding hydrogens is 304 g/mol. The summed E-state index contributed by atoms with van der Waals surface area (Å²) in [6.45, 7) is -0.0984. The molecule has 2 N–H and O–H groups in total. The number of rotatable bonds is 5. The molecule has 0 amide bonds. The maximum Gasteiger partial charge on any atom is 0.250 e. The average Bonchev–Trinajstić information content (AvgIpc) is 3.06. The number of nitriles is 1. The number of nitrogens with one attached hydrogen (secondary N) is 1. The third-order valence-electron chi connectivity index (χ3n) is 2.35. The molecule has 2 aromatic rings. The summed E-state index contributed by atoms with van der Waals surface area (Å²) in [4.78, 5) is 0.332. The minimum absolute atomic E-state index is 0.0709. The summed E-state index contributed by atoms with van der Waals surface area (Å²) in [6, 6.07) is 6.45. The van der Waals surface area contributed by atoms with Crippen molar-refractivity contribution >= 4 is 32.7 Å². The lowest BCUT2D eigenvalue weighted by Crippen LogP contribution is -2.27. The van der Waals surface area contributed by atoms with Crippen molar-refractivity contribution in [3.05, 3.63) is 39.4 Å². The van der Waals surface area contributed by atoms with Gasteiger partial charge in [0.25, 0.3) is 0 Å². The maximum atomic E-state index is 11.9. The lowest BCUT2D eigenvalue weighted by atomic mass is 10.2.